The van der Waals surface area contributed by atoms with Crippen LogP contribution in [0.4, 0.5) is 11.4 Å². The molecular formula is C26H18Cl2N4O2. The molecule has 6 nitrogen and oxygen atoms in total. The lowest BCUT2D eigenvalue weighted by atomic mass is 10.1. The molecule has 5 aromatic rings. The zero-order chi connectivity index (χ0) is 23.1. The maximum absolute atomic E-state index is 6.82. The van der Waals surface area contributed by atoms with Crippen LogP contribution in [0.25, 0.3) is 21.8 Å². The van der Waals surface area contributed by atoms with Crippen molar-refractivity contribution in [3.8, 4) is 23.0 Å². The summed E-state index contributed by atoms with van der Waals surface area (Å²) in [5.41, 5.74) is 3.54. The first-order valence-corrected chi connectivity index (χ1v) is 11.9. The van der Waals surface area contributed by atoms with Crippen LogP contribution in [0.3, 0.4) is 0 Å². The lowest BCUT2D eigenvalue weighted by molar-refractivity contribution is 0.452. The summed E-state index contributed by atoms with van der Waals surface area (Å²) in [7, 11) is 0. The molecule has 2 aliphatic heterocycles. The molecule has 0 N–H and O–H groups in total. The number of aryl methyl sites for hydroxylation is 2. The highest BCUT2D eigenvalue weighted by atomic mass is 35.5. The lowest BCUT2D eigenvalue weighted by Gasteiger charge is -2.21. The molecule has 7 rings (SSSR count). The van der Waals surface area contributed by atoms with E-state index in [1.807, 2.05) is 24.3 Å². The largest absolute Gasteiger partial charge is 0.451 e. The molecular weight excluding hydrogens is 471 g/mol. The predicted octanol–water partition coefficient (Wildman–Crippen LogP) is 7.06. The molecule has 8 heteroatoms. The molecule has 0 aliphatic carbocycles. The molecule has 2 aliphatic rings. The molecule has 0 radical (unpaired) electrons. The smallest absolute Gasteiger partial charge is 0.175 e. The Morgan fingerprint density at radius 3 is 1.56 bits per heavy atom. The van der Waals surface area contributed by atoms with Gasteiger partial charge in [0.2, 0.25) is 0 Å². The zero-order valence-corrected chi connectivity index (χ0v) is 19.9. The third-order valence-electron chi connectivity index (χ3n) is 6.52. The van der Waals surface area contributed by atoms with Crippen molar-refractivity contribution in [2.45, 2.75) is 26.9 Å². The van der Waals surface area contributed by atoms with Crippen molar-refractivity contribution in [2.24, 2.45) is 9.98 Å². The molecule has 2 aromatic heterocycles. The van der Waals surface area contributed by atoms with E-state index in [4.69, 9.17) is 42.7 Å². The summed E-state index contributed by atoms with van der Waals surface area (Å²) in [6.45, 7) is 5.93. The maximum atomic E-state index is 6.82. The first kappa shape index (κ1) is 19.9. The third kappa shape index (κ3) is 2.64. The SMILES string of the molecule is CCn1ccc2cc3c(cc21)Oc1c(Cl)c2c(c(Cl)c1=N3)Oc1cc3c(ccn3CC)cc1N=2. The minimum atomic E-state index is 0.326. The minimum Gasteiger partial charge on any atom is -0.451 e. The van der Waals surface area contributed by atoms with E-state index in [0.29, 0.717) is 55.1 Å². The molecule has 4 heterocycles. The van der Waals surface area contributed by atoms with Crippen LogP contribution in [0.15, 0.2) is 58.8 Å². The van der Waals surface area contributed by atoms with Crippen LogP contribution < -0.4 is 20.2 Å². The summed E-state index contributed by atoms with van der Waals surface area (Å²) in [6.07, 6.45) is 4.11. The molecule has 0 bridgehead atoms. The number of rotatable bonds is 2. The molecule has 3 aromatic carbocycles. The van der Waals surface area contributed by atoms with Crippen molar-refractivity contribution < 1.29 is 9.47 Å². The van der Waals surface area contributed by atoms with Gasteiger partial charge in [0, 0.05) is 48.4 Å². The molecule has 0 fully saturated rings. The van der Waals surface area contributed by atoms with Gasteiger partial charge in [0.1, 0.15) is 32.1 Å². The van der Waals surface area contributed by atoms with E-state index in [9.17, 15) is 0 Å². The molecule has 168 valence electrons. The average Bonchev–Trinajstić information content (AvgIpc) is 3.45. The minimum absolute atomic E-state index is 0.326. The highest BCUT2D eigenvalue weighted by Crippen LogP contribution is 2.44. The van der Waals surface area contributed by atoms with Crippen LogP contribution in [0.2, 0.25) is 10.0 Å². The fourth-order valence-electron chi connectivity index (χ4n) is 4.77. The van der Waals surface area contributed by atoms with Gasteiger partial charge in [-0.25, -0.2) is 9.98 Å². The van der Waals surface area contributed by atoms with Crippen LogP contribution in [0, 0.1) is 0 Å². The first-order chi connectivity index (χ1) is 16.6. The quantitative estimate of drug-likeness (QED) is 0.261. The Balaban J connectivity index is 1.46. The van der Waals surface area contributed by atoms with Crippen LogP contribution in [-0.4, -0.2) is 9.13 Å². The van der Waals surface area contributed by atoms with Gasteiger partial charge in [0.05, 0.1) is 11.0 Å². The van der Waals surface area contributed by atoms with E-state index in [1.165, 1.54) is 0 Å². The molecule has 0 unspecified atom stereocenters. The van der Waals surface area contributed by atoms with E-state index >= 15 is 0 Å². The van der Waals surface area contributed by atoms with E-state index in [1.54, 1.807) is 0 Å². The predicted molar refractivity (Wildman–Crippen MR) is 133 cm³/mol. The van der Waals surface area contributed by atoms with Crippen LogP contribution in [0.5, 0.6) is 23.0 Å². The third-order valence-corrected chi connectivity index (χ3v) is 7.22. The second-order valence-corrected chi connectivity index (χ2v) is 9.13. The van der Waals surface area contributed by atoms with E-state index < -0.39 is 0 Å². The van der Waals surface area contributed by atoms with Gasteiger partial charge in [-0.1, -0.05) is 23.2 Å². The maximum Gasteiger partial charge on any atom is 0.175 e. The first-order valence-electron chi connectivity index (χ1n) is 11.2. The molecule has 34 heavy (non-hydrogen) atoms. The lowest BCUT2D eigenvalue weighted by Crippen LogP contribution is -2.22. The van der Waals surface area contributed by atoms with Gasteiger partial charge in [0.25, 0.3) is 0 Å². The molecule has 0 atom stereocenters. The Bertz CT molecular complexity index is 1680. The van der Waals surface area contributed by atoms with Crippen molar-refractivity contribution >= 4 is 56.4 Å². The van der Waals surface area contributed by atoms with Crippen molar-refractivity contribution in [2.75, 3.05) is 0 Å². The number of hydrogen-bond acceptors (Lipinski definition) is 4. The molecule has 0 saturated carbocycles. The fraction of sp³-hybridized carbons (Fsp3) is 0.154. The van der Waals surface area contributed by atoms with E-state index in [0.717, 1.165) is 34.9 Å². The topological polar surface area (TPSA) is 53.0 Å². The van der Waals surface area contributed by atoms with E-state index in [-0.39, 0.29) is 0 Å². The van der Waals surface area contributed by atoms with Crippen LogP contribution in [-0.2, 0) is 13.1 Å². The number of halogens is 2. The van der Waals surface area contributed by atoms with Gasteiger partial charge in [-0.2, -0.15) is 0 Å². The van der Waals surface area contributed by atoms with E-state index in [2.05, 4.69) is 47.5 Å². The Morgan fingerprint density at radius 2 is 1.15 bits per heavy atom. The summed E-state index contributed by atoms with van der Waals surface area (Å²) in [4.78, 5) is 9.62. The summed E-state index contributed by atoms with van der Waals surface area (Å²) < 4.78 is 16.8. The monoisotopic (exact) mass is 488 g/mol. The number of hydrogen-bond donors (Lipinski definition) is 0. The standard InChI is InChI=1S/C26H18Cl2N4O2/c1-3-31-7-5-13-9-15-19(11-17(13)31)33-25-21(27)24-26(22(28)23(25)29-15)34-20-12-18-14(10-16(20)30-24)6-8-32(18)4-2/h5-12H,3-4H2,1-2H3. The second kappa shape index (κ2) is 7.01. The second-order valence-electron chi connectivity index (χ2n) is 8.37. The highest BCUT2D eigenvalue weighted by Gasteiger charge is 2.27. The molecule has 0 spiro atoms. The van der Waals surface area contributed by atoms with Crippen molar-refractivity contribution in [3.63, 3.8) is 0 Å². The fourth-order valence-corrected chi connectivity index (χ4v) is 5.28. The Labute approximate surface area is 204 Å². The van der Waals surface area contributed by atoms with Crippen molar-refractivity contribution in [3.05, 3.63) is 69.6 Å². The van der Waals surface area contributed by atoms with Gasteiger partial charge < -0.3 is 18.6 Å². The number of nitrogens with zero attached hydrogens (tertiary/aromatic N) is 4. The summed E-state index contributed by atoms with van der Waals surface area (Å²) in [5, 5.41) is 3.71. The summed E-state index contributed by atoms with van der Waals surface area (Å²) in [6, 6.07) is 12.1. The number of benzene rings is 3. The molecule has 0 amide bonds. The average molecular weight is 489 g/mol. The van der Waals surface area contributed by atoms with Crippen LogP contribution in [0.1, 0.15) is 13.8 Å². The Kier molecular flexibility index (Phi) is 4.11. The summed E-state index contributed by atoms with van der Waals surface area (Å²) in [5.74, 6) is 2.04. The number of aromatic nitrogens is 2. The normalized spacial score (nSPS) is 13.3. The van der Waals surface area contributed by atoms with Gasteiger partial charge in [0.15, 0.2) is 23.0 Å². The van der Waals surface area contributed by atoms with Gasteiger partial charge in [-0.05, 0) is 38.1 Å². The number of ether oxygens (including phenoxy) is 2. The molecule has 0 saturated heterocycles. The Hall–Kier alpha value is -3.48. The van der Waals surface area contributed by atoms with Gasteiger partial charge in [-0.3, -0.25) is 0 Å². The Morgan fingerprint density at radius 1 is 0.706 bits per heavy atom. The van der Waals surface area contributed by atoms with Gasteiger partial charge in [-0.15, -0.1) is 0 Å². The summed E-state index contributed by atoms with van der Waals surface area (Å²) >= 11 is 13.6. The highest BCUT2D eigenvalue weighted by molar-refractivity contribution is 6.35. The van der Waals surface area contributed by atoms with Gasteiger partial charge >= 0.3 is 0 Å². The van der Waals surface area contributed by atoms with Crippen LogP contribution >= 0.6 is 23.2 Å². The van der Waals surface area contributed by atoms with Crippen molar-refractivity contribution in [1.29, 1.82) is 0 Å². The zero-order valence-electron chi connectivity index (χ0n) is 18.4. The van der Waals surface area contributed by atoms with Crippen molar-refractivity contribution in [1.82, 2.24) is 9.13 Å². The number of fused-ring (bicyclic) bond motifs is 6.